The summed E-state index contributed by atoms with van der Waals surface area (Å²) in [7, 11) is 1.54. The summed E-state index contributed by atoms with van der Waals surface area (Å²) in [5.74, 6) is 1.34. The summed E-state index contributed by atoms with van der Waals surface area (Å²) in [6.45, 7) is 0. The molecule has 7 heteroatoms. The number of hydrogen-bond acceptors (Lipinski definition) is 5. The quantitative estimate of drug-likeness (QED) is 0.775. The first kappa shape index (κ1) is 11.7. The van der Waals surface area contributed by atoms with E-state index in [2.05, 4.69) is 15.0 Å². The predicted octanol–water partition coefficient (Wildman–Crippen LogP) is 2.09. The van der Waals surface area contributed by atoms with Crippen LogP contribution in [0.25, 0.3) is 22.6 Å². The van der Waals surface area contributed by atoms with E-state index in [4.69, 9.17) is 22.2 Å². The number of anilines is 1. The van der Waals surface area contributed by atoms with Gasteiger partial charge in [-0.3, -0.25) is 0 Å². The topological polar surface area (TPSA) is 78.9 Å². The molecule has 0 radical (unpaired) electrons. The Bertz CT molecular complexity index is 755. The van der Waals surface area contributed by atoms with Crippen molar-refractivity contribution in [3.63, 3.8) is 0 Å². The SMILES string of the molecule is COc1ccc2nc(-c3cccnc3N)n(Cl)c2n1. The fourth-order valence-corrected chi connectivity index (χ4v) is 2.05. The summed E-state index contributed by atoms with van der Waals surface area (Å²) >= 11 is 6.25. The van der Waals surface area contributed by atoms with Crippen LogP contribution in [0.4, 0.5) is 5.82 Å². The highest BCUT2D eigenvalue weighted by molar-refractivity contribution is 6.20. The highest BCUT2D eigenvalue weighted by Gasteiger charge is 2.15. The first-order chi connectivity index (χ1) is 9.20. The molecule has 3 rings (SSSR count). The van der Waals surface area contributed by atoms with Gasteiger partial charge in [0.2, 0.25) is 5.88 Å². The number of pyridine rings is 2. The van der Waals surface area contributed by atoms with Crippen molar-refractivity contribution < 1.29 is 4.74 Å². The summed E-state index contributed by atoms with van der Waals surface area (Å²) in [5.41, 5.74) is 7.67. The minimum atomic E-state index is 0.367. The molecule has 0 aliphatic carbocycles. The average Bonchev–Trinajstić information content (AvgIpc) is 2.76. The van der Waals surface area contributed by atoms with Gasteiger partial charge < -0.3 is 10.5 Å². The molecule has 0 aromatic carbocycles. The second kappa shape index (κ2) is 4.40. The van der Waals surface area contributed by atoms with Crippen LogP contribution >= 0.6 is 11.8 Å². The molecule has 3 aromatic heterocycles. The molecule has 0 fully saturated rings. The number of nitrogens with two attached hydrogens (primary N) is 1. The number of ether oxygens (including phenoxy) is 1. The zero-order valence-corrected chi connectivity index (χ0v) is 10.8. The van der Waals surface area contributed by atoms with Gasteiger partial charge in [-0.2, -0.15) is 4.98 Å². The van der Waals surface area contributed by atoms with Gasteiger partial charge in [-0.25, -0.2) is 14.1 Å². The molecule has 0 aliphatic heterocycles. The standard InChI is InChI=1S/C12H10ClN5O/c1-19-9-5-4-8-12(17-9)18(13)11(16-8)7-3-2-6-15-10(7)14/h2-6H,1H3,(H2,14,15). The third-order valence-electron chi connectivity index (χ3n) is 2.72. The maximum Gasteiger partial charge on any atom is 0.215 e. The molecule has 0 spiro atoms. The van der Waals surface area contributed by atoms with Gasteiger partial charge >= 0.3 is 0 Å². The van der Waals surface area contributed by atoms with E-state index in [-0.39, 0.29) is 0 Å². The van der Waals surface area contributed by atoms with Crippen LogP contribution in [0.15, 0.2) is 30.5 Å². The summed E-state index contributed by atoms with van der Waals surface area (Å²) in [6, 6.07) is 7.09. The number of rotatable bonds is 2. The van der Waals surface area contributed by atoms with Crippen LogP contribution in [0.3, 0.4) is 0 Å². The summed E-state index contributed by atoms with van der Waals surface area (Å²) in [4.78, 5) is 12.7. The van der Waals surface area contributed by atoms with Crippen LogP contribution in [0.5, 0.6) is 5.88 Å². The molecule has 3 heterocycles. The fourth-order valence-electron chi connectivity index (χ4n) is 1.80. The molecule has 19 heavy (non-hydrogen) atoms. The van der Waals surface area contributed by atoms with E-state index in [1.807, 2.05) is 0 Å². The van der Waals surface area contributed by atoms with Gasteiger partial charge in [0, 0.05) is 24.0 Å². The zero-order valence-electron chi connectivity index (χ0n) is 10.0. The van der Waals surface area contributed by atoms with Gasteiger partial charge in [0.05, 0.1) is 12.7 Å². The molecule has 0 amide bonds. The van der Waals surface area contributed by atoms with E-state index in [0.717, 1.165) is 0 Å². The lowest BCUT2D eigenvalue weighted by molar-refractivity contribution is 0.399. The van der Waals surface area contributed by atoms with Gasteiger partial charge in [-0.1, -0.05) is 0 Å². The molecule has 0 unspecified atom stereocenters. The van der Waals surface area contributed by atoms with Crippen molar-refractivity contribution in [2.75, 3.05) is 12.8 Å². The van der Waals surface area contributed by atoms with Gasteiger partial charge in [-0.15, -0.1) is 0 Å². The Kier molecular flexibility index (Phi) is 2.72. The van der Waals surface area contributed by atoms with E-state index in [0.29, 0.717) is 34.2 Å². The molecular weight excluding hydrogens is 266 g/mol. The number of fused-ring (bicyclic) bond motifs is 1. The van der Waals surface area contributed by atoms with Gasteiger partial charge in [0.25, 0.3) is 0 Å². The van der Waals surface area contributed by atoms with Gasteiger partial charge in [-0.05, 0) is 18.2 Å². The maximum absolute atomic E-state index is 6.25. The van der Waals surface area contributed by atoms with Crippen molar-refractivity contribution in [2.24, 2.45) is 0 Å². The van der Waals surface area contributed by atoms with E-state index in [1.165, 1.54) is 4.09 Å². The summed E-state index contributed by atoms with van der Waals surface area (Å²) in [5, 5.41) is 0. The molecule has 0 bridgehead atoms. The van der Waals surface area contributed by atoms with E-state index >= 15 is 0 Å². The minimum absolute atomic E-state index is 0.367. The predicted molar refractivity (Wildman–Crippen MR) is 73.0 cm³/mol. The molecule has 3 aromatic rings. The Morgan fingerprint density at radius 1 is 1.26 bits per heavy atom. The Labute approximate surface area is 113 Å². The lowest BCUT2D eigenvalue weighted by atomic mass is 10.2. The summed E-state index contributed by atoms with van der Waals surface area (Å²) < 4.78 is 6.42. The molecule has 6 nitrogen and oxygen atoms in total. The monoisotopic (exact) mass is 275 g/mol. The van der Waals surface area contributed by atoms with Crippen LogP contribution in [0.2, 0.25) is 0 Å². The lowest BCUT2D eigenvalue weighted by Gasteiger charge is -2.02. The van der Waals surface area contributed by atoms with Gasteiger partial charge in [0.15, 0.2) is 11.5 Å². The number of halogens is 1. The van der Waals surface area contributed by atoms with Crippen molar-refractivity contribution in [2.45, 2.75) is 0 Å². The van der Waals surface area contributed by atoms with Crippen LogP contribution in [0.1, 0.15) is 0 Å². The Hall–Kier alpha value is -2.34. The normalized spacial score (nSPS) is 10.8. The number of hydrogen-bond donors (Lipinski definition) is 1. The van der Waals surface area contributed by atoms with Crippen molar-refractivity contribution in [3.8, 4) is 17.3 Å². The first-order valence-electron chi connectivity index (χ1n) is 5.51. The van der Waals surface area contributed by atoms with Crippen molar-refractivity contribution >= 4 is 28.8 Å². The van der Waals surface area contributed by atoms with Crippen LogP contribution in [-0.4, -0.2) is 26.1 Å². The fraction of sp³-hybridized carbons (Fsp3) is 0.0833. The highest BCUT2D eigenvalue weighted by Crippen LogP contribution is 2.28. The lowest BCUT2D eigenvalue weighted by Crippen LogP contribution is -1.96. The third-order valence-corrected chi connectivity index (χ3v) is 3.04. The second-order valence-electron chi connectivity index (χ2n) is 3.85. The van der Waals surface area contributed by atoms with Crippen molar-refractivity contribution in [1.82, 2.24) is 19.0 Å². The molecule has 0 aliphatic rings. The zero-order chi connectivity index (χ0) is 13.4. The molecular formula is C12H10ClN5O. The number of methoxy groups -OCH3 is 1. The Morgan fingerprint density at radius 2 is 2.11 bits per heavy atom. The number of nitrogen functional groups attached to an aromatic ring is 1. The van der Waals surface area contributed by atoms with E-state index in [9.17, 15) is 0 Å². The smallest absolute Gasteiger partial charge is 0.215 e. The molecule has 96 valence electrons. The van der Waals surface area contributed by atoms with Crippen LogP contribution in [-0.2, 0) is 0 Å². The van der Waals surface area contributed by atoms with E-state index in [1.54, 1.807) is 37.6 Å². The third kappa shape index (κ3) is 1.86. The second-order valence-corrected chi connectivity index (χ2v) is 4.19. The van der Waals surface area contributed by atoms with Crippen molar-refractivity contribution in [3.05, 3.63) is 30.5 Å². The van der Waals surface area contributed by atoms with Crippen LogP contribution < -0.4 is 10.5 Å². The van der Waals surface area contributed by atoms with Gasteiger partial charge in [0.1, 0.15) is 11.3 Å². The van der Waals surface area contributed by atoms with Crippen molar-refractivity contribution in [1.29, 1.82) is 0 Å². The molecule has 0 atom stereocenters. The highest BCUT2D eigenvalue weighted by atomic mass is 35.5. The maximum atomic E-state index is 6.25. The molecule has 2 N–H and O–H groups in total. The number of aromatic nitrogens is 4. The first-order valence-corrected chi connectivity index (χ1v) is 5.85. The largest absolute Gasteiger partial charge is 0.481 e. The molecule has 0 saturated carbocycles. The average molecular weight is 276 g/mol. The summed E-state index contributed by atoms with van der Waals surface area (Å²) in [6.07, 6.45) is 1.61. The molecule has 0 saturated heterocycles. The Morgan fingerprint density at radius 3 is 2.84 bits per heavy atom. The number of nitrogens with zero attached hydrogens (tertiary/aromatic N) is 4. The van der Waals surface area contributed by atoms with E-state index < -0.39 is 0 Å². The Balaban J connectivity index is 2.26. The minimum Gasteiger partial charge on any atom is -0.481 e. The van der Waals surface area contributed by atoms with Crippen LogP contribution in [0, 0.1) is 0 Å². The number of imidazole rings is 1.